The van der Waals surface area contributed by atoms with Gasteiger partial charge in [-0.2, -0.15) is 0 Å². The molecule has 1 aliphatic heterocycles. The summed E-state index contributed by atoms with van der Waals surface area (Å²) >= 11 is 0. The summed E-state index contributed by atoms with van der Waals surface area (Å²) in [5.41, 5.74) is -0.867. The third-order valence-electron chi connectivity index (χ3n) is 3.62. The molecule has 0 bridgehead atoms. The fourth-order valence-electron chi connectivity index (χ4n) is 2.45. The second kappa shape index (κ2) is 6.13. The second-order valence-electron chi connectivity index (χ2n) is 4.97. The van der Waals surface area contributed by atoms with Crippen LogP contribution in [0.4, 0.5) is 20.2 Å². The molecule has 0 aliphatic carbocycles. The monoisotopic (exact) mass is 285 g/mol. The smallest absolute Gasteiger partial charge is 0.275 e. The number of nitro benzene ring substituents is 1. The number of benzene rings is 1. The average molecular weight is 285 g/mol. The van der Waals surface area contributed by atoms with Gasteiger partial charge in [0.15, 0.2) is 11.6 Å². The number of non-ortho nitro benzene ring substituents is 1. The van der Waals surface area contributed by atoms with Crippen molar-refractivity contribution >= 4 is 11.4 Å². The number of halogens is 2. The molecule has 1 unspecified atom stereocenters. The van der Waals surface area contributed by atoms with Crippen molar-refractivity contribution < 1.29 is 13.7 Å². The Morgan fingerprint density at radius 3 is 2.60 bits per heavy atom. The molecule has 20 heavy (non-hydrogen) atoms. The van der Waals surface area contributed by atoms with Crippen LogP contribution in [0.3, 0.4) is 0 Å². The van der Waals surface area contributed by atoms with Gasteiger partial charge in [-0.15, -0.1) is 0 Å². The molecule has 1 heterocycles. The van der Waals surface area contributed by atoms with Crippen molar-refractivity contribution in [1.82, 2.24) is 4.90 Å². The van der Waals surface area contributed by atoms with Gasteiger partial charge in [-0.25, -0.2) is 8.78 Å². The Bertz CT molecular complexity index is 487. The van der Waals surface area contributed by atoms with Gasteiger partial charge in [-0.3, -0.25) is 10.1 Å². The highest BCUT2D eigenvalue weighted by atomic mass is 19.1. The third-order valence-corrected chi connectivity index (χ3v) is 3.62. The Hall–Kier alpha value is -1.76. The van der Waals surface area contributed by atoms with Crippen molar-refractivity contribution in [2.45, 2.75) is 13.3 Å². The fourth-order valence-corrected chi connectivity index (χ4v) is 2.45. The Morgan fingerprint density at radius 1 is 1.45 bits per heavy atom. The lowest BCUT2D eigenvalue weighted by Crippen LogP contribution is -2.22. The number of hydrogen-bond acceptors (Lipinski definition) is 4. The van der Waals surface area contributed by atoms with Crippen LogP contribution < -0.4 is 5.32 Å². The standard InChI is InChI=1S/C13H17F2N3O2/c1-2-17-4-3-9(8-17)7-16-13-11(14)5-10(18(19)20)6-12(13)15/h5-6,9,16H,2-4,7-8H2,1H3. The molecule has 110 valence electrons. The van der Waals surface area contributed by atoms with E-state index in [9.17, 15) is 18.9 Å². The van der Waals surface area contributed by atoms with Crippen molar-refractivity contribution in [3.05, 3.63) is 33.9 Å². The van der Waals surface area contributed by atoms with Gasteiger partial charge in [0.25, 0.3) is 5.69 Å². The van der Waals surface area contributed by atoms with Crippen molar-refractivity contribution in [2.75, 3.05) is 31.5 Å². The summed E-state index contributed by atoms with van der Waals surface area (Å²) in [6, 6.07) is 1.47. The van der Waals surface area contributed by atoms with Crippen LogP contribution in [-0.4, -0.2) is 36.0 Å². The van der Waals surface area contributed by atoms with Crippen molar-refractivity contribution in [3.8, 4) is 0 Å². The molecule has 7 heteroatoms. The van der Waals surface area contributed by atoms with Gasteiger partial charge >= 0.3 is 0 Å². The van der Waals surface area contributed by atoms with Gasteiger partial charge in [-0.05, 0) is 25.4 Å². The second-order valence-corrected chi connectivity index (χ2v) is 4.97. The normalized spacial score (nSPS) is 19.2. The molecule has 5 nitrogen and oxygen atoms in total. The Balaban J connectivity index is 2.01. The van der Waals surface area contributed by atoms with E-state index < -0.39 is 22.2 Å². The fraction of sp³-hybridized carbons (Fsp3) is 0.538. The highest BCUT2D eigenvalue weighted by Crippen LogP contribution is 2.25. The van der Waals surface area contributed by atoms with E-state index in [1.807, 2.05) is 0 Å². The first kappa shape index (κ1) is 14.6. The van der Waals surface area contributed by atoms with Crippen LogP contribution in [0.2, 0.25) is 0 Å². The predicted molar refractivity (Wildman–Crippen MR) is 71.7 cm³/mol. The molecule has 1 aliphatic rings. The molecule has 0 amide bonds. The van der Waals surface area contributed by atoms with E-state index >= 15 is 0 Å². The largest absolute Gasteiger partial charge is 0.380 e. The molecule has 0 radical (unpaired) electrons. The molecule has 0 spiro atoms. The summed E-state index contributed by atoms with van der Waals surface area (Å²) in [7, 11) is 0. The highest BCUT2D eigenvalue weighted by Gasteiger charge is 2.22. The molecule has 1 aromatic carbocycles. The van der Waals surface area contributed by atoms with E-state index in [1.165, 1.54) is 0 Å². The van der Waals surface area contributed by atoms with Gasteiger partial charge in [0.05, 0.1) is 17.1 Å². The van der Waals surface area contributed by atoms with E-state index in [-0.39, 0.29) is 5.69 Å². The molecular weight excluding hydrogens is 268 g/mol. The van der Waals surface area contributed by atoms with E-state index in [1.54, 1.807) is 0 Å². The quantitative estimate of drug-likeness (QED) is 0.667. The summed E-state index contributed by atoms with van der Waals surface area (Å²) in [5.74, 6) is -1.52. The molecular formula is C13H17F2N3O2. The maximum atomic E-state index is 13.7. The Labute approximate surface area is 115 Å². The van der Waals surface area contributed by atoms with Crippen LogP contribution in [-0.2, 0) is 0 Å². The van der Waals surface area contributed by atoms with Crippen LogP contribution in [0.15, 0.2) is 12.1 Å². The zero-order chi connectivity index (χ0) is 14.7. The van der Waals surface area contributed by atoms with Crippen molar-refractivity contribution in [2.24, 2.45) is 5.92 Å². The first-order valence-electron chi connectivity index (χ1n) is 6.61. The maximum Gasteiger partial charge on any atom is 0.275 e. The molecule has 1 saturated heterocycles. The average Bonchev–Trinajstić information content (AvgIpc) is 2.85. The molecule has 1 aromatic rings. The summed E-state index contributed by atoms with van der Waals surface area (Å²) in [6.45, 7) is 5.40. The first-order valence-corrected chi connectivity index (χ1v) is 6.61. The van der Waals surface area contributed by atoms with Crippen molar-refractivity contribution in [1.29, 1.82) is 0 Å². The van der Waals surface area contributed by atoms with E-state index in [2.05, 4.69) is 17.1 Å². The molecule has 1 atom stereocenters. The van der Waals surface area contributed by atoms with Gasteiger partial charge < -0.3 is 10.2 Å². The minimum Gasteiger partial charge on any atom is -0.380 e. The topological polar surface area (TPSA) is 58.4 Å². The van der Waals surface area contributed by atoms with Gasteiger partial charge in [0.2, 0.25) is 0 Å². The predicted octanol–water partition coefficient (Wildman–Crippen LogP) is 2.63. The number of hydrogen-bond donors (Lipinski definition) is 1. The van der Waals surface area contributed by atoms with Crippen LogP contribution in [0, 0.1) is 27.7 Å². The zero-order valence-electron chi connectivity index (χ0n) is 11.2. The Morgan fingerprint density at radius 2 is 2.10 bits per heavy atom. The number of likely N-dealkylation sites (tertiary alicyclic amines) is 1. The van der Waals surface area contributed by atoms with Crippen LogP contribution in [0.5, 0.6) is 0 Å². The van der Waals surface area contributed by atoms with Crippen LogP contribution >= 0.6 is 0 Å². The SMILES string of the molecule is CCN1CCC(CNc2c(F)cc([N+](=O)[O-])cc2F)C1. The third kappa shape index (κ3) is 3.22. The summed E-state index contributed by atoms with van der Waals surface area (Å²) in [4.78, 5) is 12.0. The summed E-state index contributed by atoms with van der Waals surface area (Å²) in [6.07, 6.45) is 0.983. The van der Waals surface area contributed by atoms with Crippen molar-refractivity contribution in [3.63, 3.8) is 0 Å². The maximum absolute atomic E-state index is 13.7. The number of nitrogens with zero attached hydrogens (tertiary/aromatic N) is 2. The number of nitro groups is 1. The molecule has 1 fully saturated rings. The van der Waals surface area contributed by atoms with E-state index in [0.717, 1.165) is 38.2 Å². The highest BCUT2D eigenvalue weighted by molar-refractivity contribution is 5.51. The molecule has 0 aromatic heterocycles. The minimum absolute atomic E-state index is 0.287. The van der Waals surface area contributed by atoms with E-state index in [0.29, 0.717) is 12.5 Å². The number of rotatable bonds is 5. The number of nitrogens with one attached hydrogen (secondary N) is 1. The lowest BCUT2D eigenvalue weighted by molar-refractivity contribution is -0.385. The minimum atomic E-state index is -0.929. The van der Waals surface area contributed by atoms with Crippen LogP contribution in [0.25, 0.3) is 0 Å². The Kier molecular flexibility index (Phi) is 4.49. The van der Waals surface area contributed by atoms with E-state index in [4.69, 9.17) is 0 Å². The number of anilines is 1. The van der Waals surface area contributed by atoms with Gasteiger partial charge in [0, 0.05) is 13.1 Å². The molecule has 0 saturated carbocycles. The zero-order valence-corrected chi connectivity index (χ0v) is 11.2. The lowest BCUT2D eigenvalue weighted by Gasteiger charge is -2.15. The first-order chi connectivity index (χ1) is 9.51. The van der Waals surface area contributed by atoms with Crippen LogP contribution in [0.1, 0.15) is 13.3 Å². The summed E-state index contributed by atoms with van der Waals surface area (Å²) in [5, 5.41) is 13.2. The molecule has 1 N–H and O–H groups in total. The lowest BCUT2D eigenvalue weighted by atomic mass is 10.1. The van der Waals surface area contributed by atoms with Gasteiger partial charge in [0.1, 0.15) is 5.69 Å². The van der Waals surface area contributed by atoms with Gasteiger partial charge in [-0.1, -0.05) is 6.92 Å². The molecule has 2 rings (SSSR count). The summed E-state index contributed by atoms with van der Waals surface area (Å²) < 4.78 is 27.3.